The van der Waals surface area contributed by atoms with E-state index in [9.17, 15) is 0 Å². The molecule has 1 aromatic rings. The highest BCUT2D eigenvalue weighted by Gasteiger charge is 2.51. The summed E-state index contributed by atoms with van der Waals surface area (Å²) in [4.78, 5) is 0. The highest BCUT2D eigenvalue weighted by molar-refractivity contribution is 6.89. The van der Waals surface area contributed by atoms with Gasteiger partial charge in [0.1, 0.15) is 24.4 Å². The first-order valence-corrected chi connectivity index (χ1v) is 12.5. The maximum atomic E-state index is 6.36. The Hall–Kier alpha value is -0.803. The van der Waals surface area contributed by atoms with Gasteiger partial charge in [-0.3, -0.25) is 0 Å². The van der Waals surface area contributed by atoms with E-state index in [1.54, 1.807) is 21.3 Å². The second kappa shape index (κ2) is 8.06. The van der Waals surface area contributed by atoms with Crippen LogP contribution in [0.4, 0.5) is 0 Å². The summed E-state index contributed by atoms with van der Waals surface area (Å²) in [6.45, 7) is 7.39. The van der Waals surface area contributed by atoms with E-state index in [4.69, 9.17) is 28.4 Å². The summed E-state index contributed by atoms with van der Waals surface area (Å²) in [5.41, 5.74) is 1.10. The SMILES string of the molecule is CO[C@H]1OC2CO[C@@H](c3ccccc3[Si](C)(C)C)O[C@H]2[C@H](OC)[C@H]1OC. The Morgan fingerprint density at radius 2 is 1.62 bits per heavy atom. The number of hydrogen-bond acceptors (Lipinski definition) is 6. The van der Waals surface area contributed by atoms with Gasteiger partial charge in [0, 0.05) is 26.9 Å². The van der Waals surface area contributed by atoms with E-state index >= 15 is 0 Å². The lowest BCUT2D eigenvalue weighted by Crippen LogP contribution is -2.63. The van der Waals surface area contributed by atoms with Gasteiger partial charge in [0.25, 0.3) is 0 Å². The average molecular weight is 383 g/mol. The van der Waals surface area contributed by atoms with Crippen molar-refractivity contribution in [2.75, 3.05) is 27.9 Å². The molecule has 0 N–H and O–H groups in total. The Morgan fingerprint density at radius 3 is 2.23 bits per heavy atom. The van der Waals surface area contributed by atoms with Gasteiger partial charge >= 0.3 is 0 Å². The minimum Gasteiger partial charge on any atom is -0.376 e. The third kappa shape index (κ3) is 3.75. The molecule has 3 rings (SSSR count). The van der Waals surface area contributed by atoms with Crippen molar-refractivity contribution in [3.05, 3.63) is 29.8 Å². The Morgan fingerprint density at radius 1 is 0.923 bits per heavy atom. The average Bonchev–Trinajstić information content (AvgIpc) is 2.65. The van der Waals surface area contributed by atoms with E-state index in [0.29, 0.717) is 6.61 Å². The molecule has 1 unspecified atom stereocenters. The molecule has 0 aliphatic carbocycles. The number of benzene rings is 1. The van der Waals surface area contributed by atoms with Gasteiger partial charge in [0.05, 0.1) is 14.7 Å². The van der Waals surface area contributed by atoms with Gasteiger partial charge in [-0.2, -0.15) is 0 Å². The molecule has 2 aliphatic rings. The smallest absolute Gasteiger partial charge is 0.186 e. The maximum Gasteiger partial charge on any atom is 0.186 e. The quantitative estimate of drug-likeness (QED) is 0.727. The Kier molecular flexibility index (Phi) is 6.18. The predicted octanol–water partition coefficient (Wildman–Crippen LogP) is 2.05. The summed E-state index contributed by atoms with van der Waals surface area (Å²) in [6.07, 6.45) is -2.15. The fourth-order valence-corrected chi connectivity index (χ4v) is 5.46. The highest BCUT2D eigenvalue weighted by atomic mass is 28.3. The molecule has 0 spiro atoms. The summed E-state index contributed by atoms with van der Waals surface area (Å²) in [7, 11) is 3.35. The van der Waals surface area contributed by atoms with Gasteiger partial charge in [-0.05, 0) is 0 Å². The van der Waals surface area contributed by atoms with Crippen molar-refractivity contribution in [2.24, 2.45) is 0 Å². The van der Waals surface area contributed by atoms with Gasteiger partial charge in [0.2, 0.25) is 0 Å². The van der Waals surface area contributed by atoms with E-state index in [2.05, 4.69) is 37.8 Å². The van der Waals surface area contributed by atoms with Crippen LogP contribution >= 0.6 is 0 Å². The summed E-state index contributed by atoms with van der Waals surface area (Å²) in [5, 5.41) is 1.34. The van der Waals surface area contributed by atoms with Crippen LogP contribution in [-0.4, -0.2) is 66.7 Å². The number of hydrogen-bond donors (Lipinski definition) is 0. The zero-order valence-electron chi connectivity index (χ0n) is 16.4. The van der Waals surface area contributed by atoms with E-state index in [-0.39, 0.29) is 24.4 Å². The van der Waals surface area contributed by atoms with Crippen molar-refractivity contribution in [3.63, 3.8) is 0 Å². The van der Waals surface area contributed by atoms with Crippen LogP contribution in [0, 0.1) is 0 Å². The molecule has 26 heavy (non-hydrogen) atoms. The molecule has 2 aliphatic heterocycles. The zero-order valence-corrected chi connectivity index (χ0v) is 17.4. The van der Waals surface area contributed by atoms with Crippen LogP contribution in [-0.2, 0) is 28.4 Å². The molecular formula is C19H30O6Si. The van der Waals surface area contributed by atoms with Crippen LogP contribution in [0.15, 0.2) is 24.3 Å². The van der Waals surface area contributed by atoms with Gasteiger partial charge in [-0.15, -0.1) is 0 Å². The van der Waals surface area contributed by atoms with Crippen LogP contribution in [0.5, 0.6) is 0 Å². The summed E-state index contributed by atoms with van der Waals surface area (Å²) in [6, 6.07) is 8.39. The molecule has 0 amide bonds. The molecule has 2 saturated heterocycles. The minimum atomic E-state index is -1.54. The number of rotatable bonds is 5. The Bertz CT molecular complexity index is 604. The lowest BCUT2D eigenvalue weighted by atomic mass is 9.97. The molecule has 2 fully saturated rings. The monoisotopic (exact) mass is 382 g/mol. The molecule has 0 bridgehead atoms. The molecular weight excluding hydrogens is 352 g/mol. The van der Waals surface area contributed by atoms with Crippen LogP contribution in [0.2, 0.25) is 19.6 Å². The van der Waals surface area contributed by atoms with Crippen molar-refractivity contribution in [3.8, 4) is 0 Å². The van der Waals surface area contributed by atoms with E-state index in [1.807, 2.05) is 6.07 Å². The molecule has 0 saturated carbocycles. The third-order valence-corrected chi connectivity index (χ3v) is 7.15. The van der Waals surface area contributed by atoms with E-state index in [0.717, 1.165) is 5.56 Å². The largest absolute Gasteiger partial charge is 0.376 e. The standard InChI is InChI=1S/C19H30O6Si/c1-20-16-15-13(24-19(22-3)17(16)21-2)11-23-18(25-15)12-9-7-8-10-14(12)26(4,5)6/h7-10,13,15-19H,11H2,1-6H3/t13?,15-,16+,17-,18-,19+/m1/s1. The molecule has 146 valence electrons. The van der Waals surface area contributed by atoms with E-state index < -0.39 is 20.7 Å². The molecule has 6 atom stereocenters. The summed E-state index contributed by atoms with van der Waals surface area (Å²) >= 11 is 0. The molecule has 6 nitrogen and oxygen atoms in total. The van der Waals surface area contributed by atoms with E-state index in [1.165, 1.54) is 5.19 Å². The van der Waals surface area contributed by atoms with Crippen molar-refractivity contribution < 1.29 is 28.4 Å². The second-order valence-electron chi connectivity index (χ2n) is 7.78. The molecule has 7 heteroatoms. The lowest BCUT2D eigenvalue weighted by Gasteiger charge is -2.48. The molecule has 0 aromatic heterocycles. The highest BCUT2D eigenvalue weighted by Crippen LogP contribution is 2.36. The fourth-order valence-electron chi connectivity index (χ4n) is 3.80. The van der Waals surface area contributed by atoms with Gasteiger partial charge in [0.15, 0.2) is 12.6 Å². The first kappa shape index (κ1) is 19.9. The van der Waals surface area contributed by atoms with Crippen LogP contribution < -0.4 is 5.19 Å². The lowest BCUT2D eigenvalue weighted by molar-refractivity contribution is -0.362. The number of methoxy groups -OCH3 is 3. The van der Waals surface area contributed by atoms with Crippen LogP contribution in [0.25, 0.3) is 0 Å². The third-order valence-electron chi connectivity index (χ3n) is 5.08. The van der Waals surface area contributed by atoms with Crippen molar-refractivity contribution in [2.45, 2.75) is 56.6 Å². The fraction of sp³-hybridized carbons (Fsp3) is 0.684. The molecule has 2 heterocycles. The van der Waals surface area contributed by atoms with Crippen molar-refractivity contribution >= 4 is 13.3 Å². The Labute approximate surface area is 156 Å². The molecule has 0 radical (unpaired) electrons. The van der Waals surface area contributed by atoms with Gasteiger partial charge < -0.3 is 28.4 Å². The first-order chi connectivity index (χ1) is 12.4. The topological polar surface area (TPSA) is 55.4 Å². The second-order valence-corrected chi connectivity index (χ2v) is 12.8. The number of fused-ring (bicyclic) bond motifs is 1. The first-order valence-electron chi connectivity index (χ1n) is 9.01. The van der Waals surface area contributed by atoms with Gasteiger partial charge in [-0.1, -0.05) is 49.1 Å². The van der Waals surface area contributed by atoms with Gasteiger partial charge in [-0.25, -0.2) is 0 Å². The van der Waals surface area contributed by atoms with Crippen molar-refractivity contribution in [1.29, 1.82) is 0 Å². The zero-order chi connectivity index (χ0) is 18.9. The van der Waals surface area contributed by atoms with Crippen molar-refractivity contribution in [1.82, 2.24) is 0 Å². The normalized spacial score (nSPS) is 35.2. The number of ether oxygens (including phenoxy) is 6. The Balaban J connectivity index is 1.87. The minimum absolute atomic E-state index is 0.258. The van der Waals surface area contributed by atoms with Crippen LogP contribution in [0.3, 0.4) is 0 Å². The van der Waals surface area contributed by atoms with Crippen LogP contribution in [0.1, 0.15) is 11.9 Å². The summed E-state index contributed by atoms with van der Waals surface area (Å²) < 4.78 is 35.1. The summed E-state index contributed by atoms with van der Waals surface area (Å²) in [5.74, 6) is 0. The predicted molar refractivity (Wildman–Crippen MR) is 100 cm³/mol. The molecule has 1 aromatic carbocycles. The maximum absolute atomic E-state index is 6.36.